The molecule has 1 unspecified atom stereocenters. The lowest BCUT2D eigenvalue weighted by Crippen LogP contribution is -2.42. The molecule has 2 N–H and O–H groups in total. The highest BCUT2D eigenvalue weighted by atomic mass is 32.1. The lowest BCUT2D eigenvalue weighted by molar-refractivity contribution is -0.123. The molecule has 4 nitrogen and oxygen atoms in total. The van der Waals surface area contributed by atoms with E-state index in [2.05, 4.69) is 23.6 Å². The van der Waals surface area contributed by atoms with Crippen LogP contribution >= 0.6 is 11.3 Å². The molecule has 2 aromatic rings. The van der Waals surface area contributed by atoms with Crippen LogP contribution in [0.5, 0.6) is 0 Å². The fourth-order valence-corrected chi connectivity index (χ4v) is 2.55. The van der Waals surface area contributed by atoms with Crippen molar-refractivity contribution < 1.29 is 9.21 Å². The van der Waals surface area contributed by atoms with Crippen LogP contribution in [0.15, 0.2) is 40.3 Å². The van der Waals surface area contributed by atoms with Gasteiger partial charge in [-0.25, -0.2) is 0 Å². The second-order valence-electron chi connectivity index (χ2n) is 4.42. The molecule has 2 atom stereocenters. The third kappa shape index (κ3) is 3.94. The zero-order valence-electron chi connectivity index (χ0n) is 11.1. The van der Waals surface area contributed by atoms with Crippen LogP contribution in [0, 0.1) is 0 Å². The molecule has 0 fully saturated rings. The minimum atomic E-state index is -0.243. The van der Waals surface area contributed by atoms with Crippen molar-refractivity contribution in [2.45, 2.75) is 32.5 Å². The number of furan rings is 1. The Hall–Kier alpha value is -1.59. The standard InChI is InChI=1S/C14H18N2O2S/c1-10(13-6-4-8-19-13)16-11(2)14(17)15-9-12-5-3-7-18-12/h3-8,10-11,16H,9H2,1-2H3,(H,15,17)/t10-,11?/m1/s1. The average molecular weight is 278 g/mol. The number of hydrogen-bond acceptors (Lipinski definition) is 4. The molecular formula is C14H18N2O2S. The second kappa shape index (κ2) is 6.54. The van der Waals surface area contributed by atoms with Crippen LogP contribution in [0.2, 0.25) is 0 Å². The minimum absolute atomic E-state index is 0.0280. The van der Waals surface area contributed by atoms with Gasteiger partial charge >= 0.3 is 0 Å². The Bertz CT molecular complexity index is 494. The van der Waals surface area contributed by atoms with Crippen molar-refractivity contribution in [1.82, 2.24) is 10.6 Å². The zero-order chi connectivity index (χ0) is 13.7. The zero-order valence-corrected chi connectivity index (χ0v) is 11.9. The number of carbonyl (C=O) groups is 1. The lowest BCUT2D eigenvalue weighted by atomic mass is 10.2. The number of hydrogen-bond donors (Lipinski definition) is 2. The number of carbonyl (C=O) groups excluding carboxylic acids is 1. The van der Waals surface area contributed by atoms with Gasteiger partial charge in [0.05, 0.1) is 18.8 Å². The molecule has 102 valence electrons. The number of amides is 1. The molecule has 0 spiro atoms. The van der Waals surface area contributed by atoms with E-state index in [1.807, 2.05) is 30.5 Å². The SMILES string of the molecule is CC(N[C@H](C)c1cccs1)C(=O)NCc1ccco1. The predicted molar refractivity (Wildman–Crippen MR) is 75.9 cm³/mol. The van der Waals surface area contributed by atoms with Gasteiger partial charge in [0.15, 0.2) is 0 Å². The van der Waals surface area contributed by atoms with Crippen LogP contribution in [0.1, 0.15) is 30.5 Å². The van der Waals surface area contributed by atoms with E-state index in [4.69, 9.17) is 4.42 Å². The van der Waals surface area contributed by atoms with Gasteiger partial charge in [0.25, 0.3) is 0 Å². The first-order valence-electron chi connectivity index (χ1n) is 6.26. The van der Waals surface area contributed by atoms with Gasteiger partial charge in [-0.1, -0.05) is 6.07 Å². The number of nitrogens with one attached hydrogen (secondary N) is 2. The van der Waals surface area contributed by atoms with E-state index in [1.165, 1.54) is 4.88 Å². The molecule has 1 amide bonds. The van der Waals surface area contributed by atoms with E-state index in [9.17, 15) is 4.79 Å². The van der Waals surface area contributed by atoms with Gasteiger partial charge < -0.3 is 9.73 Å². The molecule has 2 heterocycles. The summed E-state index contributed by atoms with van der Waals surface area (Å²) < 4.78 is 5.17. The monoisotopic (exact) mass is 278 g/mol. The van der Waals surface area contributed by atoms with Crippen LogP contribution < -0.4 is 10.6 Å². The molecule has 0 aliphatic heterocycles. The van der Waals surface area contributed by atoms with Gasteiger partial charge in [0.2, 0.25) is 5.91 Å². The first-order valence-corrected chi connectivity index (χ1v) is 7.14. The summed E-state index contributed by atoms with van der Waals surface area (Å²) in [5.41, 5.74) is 0. The molecule has 19 heavy (non-hydrogen) atoms. The van der Waals surface area contributed by atoms with Crippen LogP contribution in [-0.4, -0.2) is 11.9 Å². The van der Waals surface area contributed by atoms with Crippen molar-refractivity contribution >= 4 is 17.2 Å². The van der Waals surface area contributed by atoms with Crippen LogP contribution in [0.4, 0.5) is 0 Å². The molecule has 0 bridgehead atoms. The van der Waals surface area contributed by atoms with Crippen molar-refractivity contribution in [1.29, 1.82) is 0 Å². The third-order valence-corrected chi connectivity index (χ3v) is 3.94. The molecule has 0 aliphatic rings. The van der Waals surface area contributed by atoms with Gasteiger partial charge in [0, 0.05) is 10.9 Å². The molecule has 0 aliphatic carbocycles. The summed E-state index contributed by atoms with van der Waals surface area (Å²) >= 11 is 1.69. The van der Waals surface area contributed by atoms with E-state index in [0.29, 0.717) is 6.54 Å². The Morgan fingerprint density at radius 2 is 2.21 bits per heavy atom. The first kappa shape index (κ1) is 13.8. The maximum Gasteiger partial charge on any atom is 0.237 e. The summed E-state index contributed by atoms with van der Waals surface area (Å²) in [6, 6.07) is 7.65. The maximum absolute atomic E-state index is 11.9. The number of thiophene rings is 1. The molecular weight excluding hydrogens is 260 g/mol. The summed E-state index contributed by atoms with van der Waals surface area (Å²) in [7, 11) is 0. The Labute approximate surface area is 116 Å². The summed E-state index contributed by atoms with van der Waals surface area (Å²) in [6.07, 6.45) is 1.60. The Morgan fingerprint density at radius 3 is 2.84 bits per heavy atom. The topological polar surface area (TPSA) is 54.3 Å². The summed E-state index contributed by atoms with van der Waals surface area (Å²) in [5.74, 6) is 0.728. The van der Waals surface area contributed by atoms with Crippen LogP contribution in [0.3, 0.4) is 0 Å². The first-order chi connectivity index (χ1) is 9.16. The lowest BCUT2D eigenvalue weighted by Gasteiger charge is -2.18. The quantitative estimate of drug-likeness (QED) is 0.854. The molecule has 0 saturated heterocycles. The highest BCUT2D eigenvalue weighted by Gasteiger charge is 2.16. The molecule has 2 rings (SSSR count). The van der Waals surface area contributed by atoms with Gasteiger partial charge in [-0.3, -0.25) is 10.1 Å². The van der Waals surface area contributed by atoms with Crippen molar-refractivity contribution in [2.75, 3.05) is 0 Å². The molecule has 5 heteroatoms. The van der Waals surface area contributed by atoms with E-state index in [-0.39, 0.29) is 18.0 Å². The van der Waals surface area contributed by atoms with E-state index >= 15 is 0 Å². The van der Waals surface area contributed by atoms with Crippen molar-refractivity contribution in [3.05, 3.63) is 46.5 Å². The Morgan fingerprint density at radius 1 is 1.37 bits per heavy atom. The van der Waals surface area contributed by atoms with Gasteiger partial charge in [-0.2, -0.15) is 0 Å². The van der Waals surface area contributed by atoms with E-state index in [1.54, 1.807) is 17.6 Å². The Balaban J connectivity index is 1.79. The summed E-state index contributed by atoms with van der Waals surface area (Å²) in [4.78, 5) is 13.2. The van der Waals surface area contributed by atoms with Crippen LogP contribution in [-0.2, 0) is 11.3 Å². The molecule has 2 aromatic heterocycles. The molecule has 0 saturated carbocycles. The highest BCUT2D eigenvalue weighted by molar-refractivity contribution is 7.10. The third-order valence-electron chi connectivity index (χ3n) is 2.88. The van der Waals surface area contributed by atoms with Gasteiger partial charge in [-0.15, -0.1) is 11.3 Å². The normalized spacial score (nSPS) is 14.0. The molecule has 0 aromatic carbocycles. The summed E-state index contributed by atoms with van der Waals surface area (Å²) in [5, 5.41) is 8.16. The second-order valence-corrected chi connectivity index (χ2v) is 5.40. The number of rotatable bonds is 6. The summed E-state index contributed by atoms with van der Waals surface area (Å²) in [6.45, 7) is 4.34. The highest BCUT2D eigenvalue weighted by Crippen LogP contribution is 2.18. The van der Waals surface area contributed by atoms with Crippen molar-refractivity contribution in [3.8, 4) is 0 Å². The largest absolute Gasteiger partial charge is 0.467 e. The van der Waals surface area contributed by atoms with E-state index < -0.39 is 0 Å². The van der Waals surface area contributed by atoms with E-state index in [0.717, 1.165) is 5.76 Å². The van der Waals surface area contributed by atoms with Crippen molar-refractivity contribution in [3.63, 3.8) is 0 Å². The Kier molecular flexibility index (Phi) is 4.76. The average Bonchev–Trinajstić information content (AvgIpc) is 3.08. The predicted octanol–water partition coefficient (Wildman–Crippen LogP) is 2.70. The minimum Gasteiger partial charge on any atom is -0.467 e. The smallest absolute Gasteiger partial charge is 0.237 e. The van der Waals surface area contributed by atoms with Gasteiger partial charge in [-0.05, 0) is 37.4 Å². The fraction of sp³-hybridized carbons (Fsp3) is 0.357. The maximum atomic E-state index is 11.9. The van der Waals surface area contributed by atoms with Crippen LogP contribution in [0.25, 0.3) is 0 Å². The van der Waals surface area contributed by atoms with Gasteiger partial charge in [0.1, 0.15) is 5.76 Å². The fourth-order valence-electron chi connectivity index (χ4n) is 1.81. The van der Waals surface area contributed by atoms with Crippen molar-refractivity contribution in [2.24, 2.45) is 0 Å². The molecule has 0 radical (unpaired) electrons.